The molecule has 1 saturated heterocycles. The van der Waals surface area contributed by atoms with Gasteiger partial charge in [-0.25, -0.2) is 0 Å². The molecule has 1 aliphatic rings. The van der Waals surface area contributed by atoms with Crippen molar-refractivity contribution in [2.24, 2.45) is 0 Å². The van der Waals surface area contributed by atoms with Crippen LogP contribution in [0.25, 0.3) is 11.4 Å². The minimum Gasteiger partial charge on any atom is -0.490 e. The number of likely N-dealkylation sites (tertiary alicyclic amines) is 1. The molecule has 1 amide bonds. The van der Waals surface area contributed by atoms with E-state index in [0.717, 1.165) is 5.56 Å². The van der Waals surface area contributed by atoms with Crippen LogP contribution in [0.2, 0.25) is 0 Å². The van der Waals surface area contributed by atoms with Gasteiger partial charge in [-0.05, 0) is 29.8 Å². The maximum atomic E-state index is 12.6. The van der Waals surface area contributed by atoms with Gasteiger partial charge >= 0.3 is 12.1 Å². The van der Waals surface area contributed by atoms with Gasteiger partial charge in [0.25, 0.3) is 0 Å². The summed E-state index contributed by atoms with van der Waals surface area (Å²) < 4.78 is 48.0. The second kappa shape index (κ2) is 8.79. The van der Waals surface area contributed by atoms with Gasteiger partial charge in [0.1, 0.15) is 11.9 Å². The number of aromatic nitrogens is 2. The average molecular weight is 431 g/mol. The number of nitrogens with zero attached hydrogens (tertiary/aromatic N) is 3. The van der Waals surface area contributed by atoms with Crippen molar-refractivity contribution >= 4 is 5.91 Å². The zero-order chi connectivity index (χ0) is 21.8. The van der Waals surface area contributed by atoms with Crippen molar-refractivity contribution in [2.75, 3.05) is 13.1 Å². The Morgan fingerprint density at radius 1 is 1.06 bits per heavy atom. The van der Waals surface area contributed by atoms with Crippen LogP contribution in [-0.4, -0.2) is 40.1 Å². The molecule has 9 heteroatoms. The first-order chi connectivity index (χ1) is 14.9. The van der Waals surface area contributed by atoms with Crippen LogP contribution < -0.4 is 4.74 Å². The van der Waals surface area contributed by atoms with Crippen molar-refractivity contribution in [3.63, 3.8) is 0 Å². The molecule has 31 heavy (non-hydrogen) atoms. The lowest BCUT2D eigenvalue weighted by Gasteiger charge is -2.32. The van der Waals surface area contributed by atoms with Crippen molar-refractivity contribution in [3.05, 3.63) is 66.1 Å². The zero-order valence-corrected chi connectivity index (χ0v) is 16.5. The van der Waals surface area contributed by atoms with Crippen LogP contribution in [0.1, 0.15) is 24.3 Å². The summed E-state index contributed by atoms with van der Waals surface area (Å²) in [5.41, 5.74) is 1.39. The number of benzene rings is 2. The van der Waals surface area contributed by atoms with E-state index >= 15 is 0 Å². The van der Waals surface area contributed by atoms with E-state index in [1.54, 1.807) is 24.3 Å². The molecule has 0 saturated carbocycles. The fraction of sp³-hybridized carbons (Fsp3) is 0.318. The van der Waals surface area contributed by atoms with E-state index in [9.17, 15) is 18.0 Å². The first-order valence-electron chi connectivity index (χ1n) is 9.88. The van der Waals surface area contributed by atoms with Crippen LogP contribution in [-0.2, 0) is 17.4 Å². The van der Waals surface area contributed by atoms with E-state index in [-0.39, 0.29) is 17.8 Å². The molecule has 0 aliphatic carbocycles. The summed E-state index contributed by atoms with van der Waals surface area (Å²) >= 11 is 0. The average Bonchev–Trinajstić information content (AvgIpc) is 3.26. The fourth-order valence-corrected chi connectivity index (χ4v) is 3.44. The lowest BCUT2D eigenvalue weighted by Crippen LogP contribution is -2.42. The largest absolute Gasteiger partial charge is 0.490 e. The number of carbonyl (C=O) groups is 1. The molecule has 1 aliphatic heterocycles. The number of amides is 1. The first-order valence-corrected chi connectivity index (χ1v) is 9.88. The van der Waals surface area contributed by atoms with Crippen molar-refractivity contribution in [1.82, 2.24) is 15.0 Å². The highest BCUT2D eigenvalue weighted by atomic mass is 19.4. The van der Waals surface area contributed by atoms with E-state index in [4.69, 9.17) is 4.74 Å². The minimum absolute atomic E-state index is 0.0337. The molecule has 0 spiro atoms. The van der Waals surface area contributed by atoms with E-state index in [0.29, 0.717) is 43.7 Å². The molecule has 0 radical (unpaired) electrons. The zero-order valence-electron chi connectivity index (χ0n) is 16.5. The van der Waals surface area contributed by atoms with Gasteiger partial charge in [-0.3, -0.25) is 4.79 Å². The molecular weight excluding hydrogens is 411 g/mol. The number of hydrogen-bond donors (Lipinski definition) is 0. The molecule has 0 unspecified atom stereocenters. The Balaban J connectivity index is 1.29. The summed E-state index contributed by atoms with van der Waals surface area (Å²) in [7, 11) is 0. The topological polar surface area (TPSA) is 68.5 Å². The minimum atomic E-state index is -4.67. The van der Waals surface area contributed by atoms with Crippen LogP contribution in [0.15, 0.2) is 59.1 Å². The molecule has 1 fully saturated rings. The van der Waals surface area contributed by atoms with Gasteiger partial charge in [-0.15, -0.1) is 0 Å². The van der Waals surface area contributed by atoms with Crippen LogP contribution in [0, 0.1) is 0 Å². The van der Waals surface area contributed by atoms with E-state index in [1.165, 1.54) is 0 Å². The van der Waals surface area contributed by atoms with Gasteiger partial charge in [-0.2, -0.15) is 18.2 Å². The molecule has 2 aromatic carbocycles. The quantitative estimate of drug-likeness (QED) is 0.600. The van der Waals surface area contributed by atoms with Gasteiger partial charge in [-0.1, -0.05) is 35.5 Å². The lowest BCUT2D eigenvalue weighted by atomic mass is 10.1. The monoisotopic (exact) mass is 431 g/mol. The highest BCUT2D eigenvalue weighted by Gasteiger charge is 2.38. The number of carbonyl (C=O) groups excluding carboxylic acids is 1. The Hall–Kier alpha value is -3.36. The Morgan fingerprint density at radius 2 is 1.74 bits per heavy atom. The third-order valence-electron chi connectivity index (χ3n) is 5.08. The Morgan fingerprint density at radius 3 is 2.35 bits per heavy atom. The van der Waals surface area contributed by atoms with Crippen molar-refractivity contribution in [2.45, 2.75) is 31.5 Å². The number of ether oxygens (including phenoxy) is 1. The number of piperidine rings is 1. The van der Waals surface area contributed by atoms with Crippen LogP contribution in [0.3, 0.4) is 0 Å². The van der Waals surface area contributed by atoms with E-state index in [2.05, 4.69) is 14.7 Å². The third kappa shape index (κ3) is 5.22. The number of alkyl halides is 3. The van der Waals surface area contributed by atoms with Gasteiger partial charge in [0.15, 0.2) is 0 Å². The maximum Gasteiger partial charge on any atom is 0.471 e. The summed E-state index contributed by atoms with van der Waals surface area (Å²) in [4.78, 5) is 17.7. The Kier molecular flexibility index (Phi) is 5.92. The van der Waals surface area contributed by atoms with Gasteiger partial charge in [0.05, 0.1) is 6.42 Å². The highest BCUT2D eigenvalue weighted by molar-refractivity contribution is 5.78. The molecule has 162 valence electrons. The predicted octanol–water partition coefficient (Wildman–Crippen LogP) is 4.37. The Bertz CT molecular complexity index is 1010. The summed E-state index contributed by atoms with van der Waals surface area (Å²) in [6.45, 7) is 1.25. The normalized spacial score (nSPS) is 15.1. The molecule has 0 bridgehead atoms. The maximum absolute atomic E-state index is 12.6. The Labute approximate surface area is 176 Å². The smallest absolute Gasteiger partial charge is 0.471 e. The first kappa shape index (κ1) is 20.9. The van der Waals surface area contributed by atoms with Crippen LogP contribution in [0.4, 0.5) is 13.2 Å². The van der Waals surface area contributed by atoms with Crippen molar-refractivity contribution in [1.29, 1.82) is 0 Å². The molecule has 2 heterocycles. The number of rotatable bonds is 5. The fourth-order valence-electron chi connectivity index (χ4n) is 3.44. The lowest BCUT2D eigenvalue weighted by molar-refractivity contribution is -0.159. The van der Waals surface area contributed by atoms with Crippen LogP contribution in [0.5, 0.6) is 5.75 Å². The van der Waals surface area contributed by atoms with E-state index in [1.807, 2.05) is 35.2 Å². The molecule has 3 aromatic rings. The van der Waals surface area contributed by atoms with Crippen LogP contribution >= 0.6 is 0 Å². The molecule has 6 nitrogen and oxygen atoms in total. The number of hydrogen-bond acceptors (Lipinski definition) is 5. The summed E-state index contributed by atoms with van der Waals surface area (Å²) in [5.74, 6) is -0.815. The molecule has 0 atom stereocenters. The summed E-state index contributed by atoms with van der Waals surface area (Å²) in [6, 6.07) is 16.1. The predicted molar refractivity (Wildman–Crippen MR) is 105 cm³/mol. The molecule has 1 aromatic heterocycles. The third-order valence-corrected chi connectivity index (χ3v) is 5.08. The van der Waals surface area contributed by atoms with Gasteiger partial charge in [0.2, 0.25) is 11.7 Å². The molecule has 0 N–H and O–H groups in total. The second-order valence-corrected chi connectivity index (χ2v) is 7.31. The summed E-state index contributed by atoms with van der Waals surface area (Å²) in [6.07, 6.45) is -2.90. The van der Waals surface area contributed by atoms with Gasteiger partial charge < -0.3 is 14.2 Å². The van der Waals surface area contributed by atoms with Crippen molar-refractivity contribution < 1.29 is 27.2 Å². The highest BCUT2D eigenvalue weighted by Crippen LogP contribution is 2.30. The van der Waals surface area contributed by atoms with E-state index < -0.39 is 12.1 Å². The SMILES string of the molecule is O=C(Cc1ccccc1)N1CCC(Oc2ccc(-c3noc(C(F)(F)F)n3)cc2)CC1. The van der Waals surface area contributed by atoms with Gasteiger partial charge in [0, 0.05) is 31.5 Å². The second-order valence-electron chi connectivity index (χ2n) is 7.31. The van der Waals surface area contributed by atoms with Crippen molar-refractivity contribution in [3.8, 4) is 17.1 Å². The number of halogens is 3. The summed E-state index contributed by atoms with van der Waals surface area (Å²) in [5, 5.41) is 3.37. The standard InChI is InChI=1S/C22H20F3N3O3/c23-22(24,25)21-26-20(27-31-21)16-6-8-17(9-7-16)30-18-10-12-28(13-11-18)19(29)14-15-4-2-1-3-5-15/h1-9,18H,10-14H2. The molecule has 4 rings (SSSR count). The molecular formula is C22H20F3N3O3.